The molecule has 18 heavy (non-hydrogen) atoms. The Morgan fingerprint density at radius 1 is 1.44 bits per heavy atom. The molecule has 0 radical (unpaired) electrons. The van der Waals surface area contributed by atoms with Gasteiger partial charge in [0.1, 0.15) is 5.82 Å². The fourth-order valence-corrected chi connectivity index (χ4v) is 2.74. The first-order chi connectivity index (χ1) is 8.58. The molecule has 2 rings (SSSR count). The van der Waals surface area contributed by atoms with Crippen molar-refractivity contribution in [3.8, 4) is 0 Å². The molecule has 0 amide bonds. The summed E-state index contributed by atoms with van der Waals surface area (Å²) >= 11 is 7.89. The number of nitrogen functional groups attached to an aromatic ring is 1. The minimum absolute atomic E-state index is 0.337. The van der Waals surface area contributed by atoms with E-state index in [2.05, 4.69) is 41.4 Å². The third-order valence-electron chi connectivity index (χ3n) is 2.96. The van der Waals surface area contributed by atoms with Gasteiger partial charge in [-0.2, -0.15) is 0 Å². The van der Waals surface area contributed by atoms with Crippen LogP contribution in [0.1, 0.15) is 23.5 Å². The summed E-state index contributed by atoms with van der Waals surface area (Å²) in [6.07, 6.45) is 0. The number of anilines is 1. The number of hydrogen-bond donors (Lipinski definition) is 1. The quantitative estimate of drug-likeness (QED) is 0.931. The molecular weight excluding hydrogens is 266 g/mol. The Morgan fingerprint density at radius 3 is 2.89 bits per heavy atom. The first kappa shape index (κ1) is 13.3. The van der Waals surface area contributed by atoms with Crippen molar-refractivity contribution >= 4 is 28.8 Å². The number of thiophene rings is 1. The molecule has 5 heteroatoms. The predicted molar refractivity (Wildman–Crippen MR) is 77.9 cm³/mol. The molecule has 0 aromatic carbocycles. The Kier molecular flexibility index (Phi) is 4.22. The first-order valence-corrected chi connectivity index (χ1v) is 6.98. The summed E-state index contributed by atoms with van der Waals surface area (Å²) in [5.41, 5.74) is 6.51. The van der Waals surface area contributed by atoms with Crippen molar-refractivity contribution in [3.63, 3.8) is 0 Å². The van der Waals surface area contributed by atoms with Crippen molar-refractivity contribution in [1.82, 2.24) is 9.88 Å². The second-order valence-corrected chi connectivity index (χ2v) is 5.66. The van der Waals surface area contributed by atoms with Crippen LogP contribution >= 0.6 is 22.9 Å². The Balaban J connectivity index is 2.11. The molecular formula is C13H16ClN3S. The van der Waals surface area contributed by atoms with E-state index in [9.17, 15) is 0 Å². The highest BCUT2D eigenvalue weighted by atomic mass is 35.5. The molecule has 0 aliphatic rings. The van der Waals surface area contributed by atoms with Crippen LogP contribution in [0.3, 0.4) is 0 Å². The van der Waals surface area contributed by atoms with E-state index in [1.165, 1.54) is 4.88 Å². The lowest BCUT2D eigenvalue weighted by Gasteiger charge is -2.23. The Labute approximate surface area is 116 Å². The van der Waals surface area contributed by atoms with Crippen molar-refractivity contribution in [2.75, 3.05) is 12.8 Å². The summed E-state index contributed by atoms with van der Waals surface area (Å²) in [6, 6.07) is 8.05. The van der Waals surface area contributed by atoms with Crippen molar-refractivity contribution in [2.45, 2.75) is 19.5 Å². The highest BCUT2D eigenvalue weighted by molar-refractivity contribution is 7.10. The van der Waals surface area contributed by atoms with Gasteiger partial charge in [0, 0.05) is 17.5 Å². The fourth-order valence-electron chi connectivity index (χ4n) is 1.73. The lowest BCUT2D eigenvalue weighted by atomic mass is 10.2. The van der Waals surface area contributed by atoms with Crippen LogP contribution < -0.4 is 5.73 Å². The first-order valence-electron chi connectivity index (χ1n) is 5.72. The number of aromatic nitrogens is 1. The van der Waals surface area contributed by atoms with E-state index >= 15 is 0 Å². The Morgan fingerprint density at radius 2 is 2.22 bits per heavy atom. The van der Waals surface area contributed by atoms with Crippen molar-refractivity contribution in [1.29, 1.82) is 0 Å². The molecule has 0 spiro atoms. The lowest BCUT2D eigenvalue weighted by Crippen LogP contribution is -2.22. The Bertz CT molecular complexity index is 513. The predicted octanol–water partition coefficient (Wildman–Crippen LogP) is 3.57. The van der Waals surface area contributed by atoms with Crippen molar-refractivity contribution in [3.05, 3.63) is 45.2 Å². The monoisotopic (exact) mass is 281 g/mol. The van der Waals surface area contributed by atoms with Crippen LogP contribution in [0.15, 0.2) is 29.6 Å². The zero-order chi connectivity index (χ0) is 13.1. The zero-order valence-electron chi connectivity index (χ0n) is 10.4. The second kappa shape index (κ2) is 5.69. The van der Waals surface area contributed by atoms with E-state index in [0.717, 1.165) is 5.69 Å². The van der Waals surface area contributed by atoms with Gasteiger partial charge in [0.25, 0.3) is 0 Å². The molecule has 0 bridgehead atoms. The van der Waals surface area contributed by atoms with Gasteiger partial charge in [-0.3, -0.25) is 4.90 Å². The van der Waals surface area contributed by atoms with Crippen LogP contribution in [0.5, 0.6) is 0 Å². The van der Waals surface area contributed by atoms with E-state index < -0.39 is 0 Å². The molecule has 2 aromatic rings. The fraction of sp³-hybridized carbons (Fsp3) is 0.308. The number of hydrogen-bond acceptors (Lipinski definition) is 4. The summed E-state index contributed by atoms with van der Waals surface area (Å²) in [4.78, 5) is 7.82. The Hall–Kier alpha value is -1.10. The van der Waals surface area contributed by atoms with Crippen LogP contribution in [0.25, 0.3) is 0 Å². The zero-order valence-corrected chi connectivity index (χ0v) is 12.0. The third kappa shape index (κ3) is 3.02. The number of halogens is 1. The smallest absolute Gasteiger partial charge is 0.123 e. The summed E-state index contributed by atoms with van der Waals surface area (Å²) in [5.74, 6) is 0.506. The van der Waals surface area contributed by atoms with E-state index in [1.54, 1.807) is 23.5 Å². The maximum Gasteiger partial charge on any atom is 0.123 e. The topological polar surface area (TPSA) is 42.2 Å². The van der Waals surface area contributed by atoms with Crippen LogP contribution in [-0.2, 0) is 6.54 Å². The molecule has 96 valence electrons. The highest BCUT2D eigenvalue weighted by Gasteiger charge is 2.15. The summed E-state index contributed by atoms with van der Waals surface area (Å²) in [6.45, 7) is 2.86. The molecule has 1 atom stereocenters. The van der Waals surface area contributed by atoms with Crippen molar-refractivity contribution in [2.24, 2.45) is 0 Å². The van der Waals surface area contributed by atoms with Gasteiger partial charge in [-0.05, 0) is 37.6 Å². The maximum absolute atomic E-state index is 6.13. The van der Waals surface area contributed by atoms with Crippen LogP contribution in [-0.4, -0.2) is 16.9 Å². The summed E-state index contributed by atoms with van der Waals surface area (Å²) in [5, 5.41) is 2.75. The van der Waals surface area contributed by atoms with Gasteiger partial charge in [0.2, 0.25) is 0 Å². The van der Waals surface area contributed by atoms with Gasteiger partial charge in [-0.15, -0.1) is 11.3 Å². The van der Waals surface area contributed by atoms with Gasteiger partial charge in [-0.25, -0.2) is 4.98 Å². The molecule has 0 saturated heterocycles. The number of nitrogens with two attached hydrogens (primary N) is 1. The van der Waals surface area contributed by atoms with Gasteiger partial charge < -0.3 is 5.73 Å². The normalized spacial score (nSPS) is 12.9. The van der Waals surface area contributed by atoms with Crippen LogP contribution in [0, 0.1) is 0 Å². The standard InChI is InChI=1S/C13H16ClN3S/c1-9(12-4-3-7-18-12)17(2)8-11-10(14)5-6-13(15)16-11/h3-7,9H,8H2,1-2H3,(H2,15,16). The third-order valence-corrected chi connectivity index (χ3v) is 4.34. The molecule has 0 saturated carbocycles. The van der Waals surface area contributed by atoms with E-state index in [-0.39, 0.29) is 0 Å². The summed E-state index contributed by atoms with van der Waals surface area (Å²) < 4.78 is 0. The average molecular weight is 282 g/mol. The average Bonchev–Trinajstić information content (AvgIpc) is 2.86. The minimum Gasteiger partial charge on any atom is -0.384 e. The molecule has 0 aliphatic heterocycles. The molecule has 2 heterocycles. The van der Waals surface area contributed by atoms with E-state index in [4.69, 9.17) is 17.3 Å². The van der Waals surface area contributed by atoms with E-state index in [1.807, 2.05) is 0 Å². The molecule has 1 unspecified atom stereocenters. The largest absolute Gasteiger partial charge is 0.384 e. The number of rotatable bonds is 4. The summed E-state index contributed by atoms with van der Waals surface area (Å²) in [7, 11) is 2.06. The van der Waals surface area contributed by atoms with Crippen molar-refractivity contribution < 1.29 is 0 Å². The minimum atomic E-state index is 0.337. The second-order valence-electron chi connectivity index (χ2n) is 4.27. The molecule has 0 fully saturated rings. The number of nitrogens with zero attached hydrogens (tertiary/aromatic N) is 2. The van der Waals surface area contributed by atoms with Gasteiger partial charge in [0.05, 0.1) is 10.7 Å². The van der Waals surface area contributed by atoms with Crippen LogP contribution in [0.4, 0.5) is 5.82 Å². The molecule has 0 aliphatic carbocycles. The molecule has 2 aromatic heterocycles. The van der Waals surface area contributed by atoms with Crippen LogP contribution in [0.2, 0.25) is 5.02 Å². The van der Waals surface area contributed by atoms with Gasteiger partial charge in [-0.1, -0.05) is 17.7 Å². The van der Waals surface area contributed by atoms with E-state index in [0.29, 0.717) is 23.4 Å². The molecule has 2 N–H and O–H groups in total. The van der Waals surface area contributed by atoms with Gasteiger partial charge in [0.15, 0.2) is 0 Å². The SMILES string of the molecule is CC(c1cccs1)N(C)Cc1nc(N)ccc1Cl. The number of pyridine rings is 1. The molecule has 3 nitrogen and oxygen atoms in total. The lowest BCUT2D eigenvalue weighted by molar-refractivity contribution is 0.253. The maximum atomic E-state index is 6.13. The van der Waals surface area contributed by atoms with Gasteiger partial charge >= 0.3 is 0 Å². The highest BCUT2D eigenvalue weighted by Crippen LogP contribution is 2.26.